The Bertz CT molecular complexity index is 685. The smallest absolute Gasteiger partial charge is 0.338 e. The summed E-state index contributed by atoms with van der Waals surface area (Å²) in [5.41, 5.74) is 1.39. The van der Waals surface area contributed by atoms with Gasteiger partial charge in [-0.15, -0.1) is 11.3 Å². The van der Waals surface area contributed by atoms with Crippen LogP contribution >= 0.6 is 23.6 Å². The zero-order valence-corrected chi connectivity index (χ0v) is 16.9. The van der Waals surface area contributed by atoms with E-state index in [1.165, 1.54) is 14.2 Å². The van der Waals surface area contributed by atoms with Crippen molar-refractivity contribution in [2.24, 2.45) is 0 Å². The molecule has 2 heterocycles. The molecule has 0 aromatic carbocycles. The minimum absolute atomic E-state index is 0.192. The predicted molar refractivity (Wildman–Crippen MR) is 105 cm³/mol. The molecule has 0 bridgehead atoms. The number of unbranched alkanes of at least 4 members (excludes halogenated alkanes) is 2. The number of thiophene rings is 1. The van der Waals surface area contributed by atoms with Crippen LogP contribution in [0.5, 0.6) is 0 Å². The van der Waals surface area contributed by atoms with Crippen LogP contribution in [-0.2, 0) is 19.1 Å². The Balaban J connectivity index is 2.09. The van der Waals surface area contributed by atoms with E-state index in [4.69, 9.17) is 17.0 Å². The highest BCUT2D eigenvalue weighted by Crippen LogP contribution is 2.33. The Morgan fingerprint density at radius 2 is 2.04 bits per heavy atom. The van der Waals surface area contributed by atoms with E-state index >= 15 is 0 Å². The van der Waals surface area contributed by atoms with Crippen LogP contribution in [0.3, 0.4) is 0 Å². The molecule has 0 saturated carbocycles. The fourth-order valence-corrected chi connectivity index (χ4v) is 4.04. The summed E-state index contributed by atoms with van der Waals surface area (Å²) in [6.45, 7) is 2.57. The summed E-state index contributed by atoms with van der Waals surface area (Å²) in [6.07, 6.45) is 2.92. The van der Waals surface area contributed by atoms with Gasteiger partial charge in [0.1, 0.15) is 0 Å². The van der Waals surface area contributed by atoms with E-state index in [1.54, 1.807) is 11.3 Å². The lowest BCUT2D eigenvalue weighted by Crippen LogP contribution is -2.47. The highest BCUT2D eigenvalue weighted by atomic mass is 32.1. The largest absolute Gasteiger partial charge is 0.469 e. The van der Waals surface area contributed by atoms with Gasteiger partial charge in [0.25, 0.3) is 0 Å². The molecule has 0 saturated heterocycles. The van der Waals surface area contributed by atoms with Crippen LogP contribution in [0.1, 0.15) is 43.5 Å². The molecule has 1 aliphatic rings. The van der Waals surface area contributed by atoms with E-state index in [2.05, 4.69) is 10.1 Å². The van der Waals surface area contributed by atoms with E-state index in [0.29, 0.717) is 23.7 Å². The summed E-state index contributed by atoms with van der Waals surface area (Å²) in [6, 6.07) is 3.64. The zero-order chi connectivity index (χ0) is 19.1. The Labute approximate surface area is 163 Å². The number of nitrogens with zero attached hydrogens (tertiary/aromatic N) is 1. The van der Waals surface area contributed by atoms with Crippen LogP contribution in [0.4, 0.5) is 0 Å². The molecule has 2 rings (SSSR count). The quantitative estimate of drug-likeness (QED) is 0.411. The molecular weight excluding hydrogens is 372 g/mol. The standard InChI is InChI=1S/C18H24N2O4S2/c1-12-15(17(22)24-3)16(13-8-7-11-26-13)19-18(25)20(12)10-6-4-5-9-14(21)23-2/h7-8,11,16H,4-6,9-10H2,1-3H3,(H,19,25)/t16-/m1/s1. The SMILES string of the molecule is COC(=O)CCCCCN1C(=S)N[C@H](c2cccs2)C(C(=O)OC)=C1C. The second kappa shape index (κ2) is 9.68. The number of ether oxygens (including phenoxy) is 2. The summed E-state index contributed by atoms with van der Waals surface area (Å²) in [5.74, 6) is -0.547. The van der Waals surface area contributed by atoms with Crippen LogP contribution < -0.4 is 5.32 Å². The molecule has 0 unspecified atom stereocenters. The van der Waals surface area contributed by atoms with Crippen LogP contribution in [0, 0.1) is 0 Å². The lowest BCUT2D eigenvalue weighted by Gasteiger charge is -2.37. The maximum Gasteiger partial charge on any atom is 0.338 e. The number of nitrogens with one attached hydrogen (secondary N) is 1. The molecule has 6 nitrogen and oxygen atoms in total. The van der Waals surface area contributed by atoms with E-state index in [0.717, 1.165) is 29.8 Å². The maximum absolute atomic E-state index is 12.4. The summed E-state index contributed by atoms with van der Waals surface area (Å²) < 4.78 is 9.64. The van der Waals surface area contributed by atoms with Gasteiger partial charge in [0.15, 0.2) is 5.11 Å². The molecule has 1 N–H and O–H groups in total. The normalized spacial score (nSPS) is 17.1. The third-order valence-corrected chi connectivity index (χ3v) is 5.60. The third-order valence-electron chi connectivity index (χ3n) is 4.32. The van der Waals surface area contributed by atoms with Gasteiger partial charge in [0, 0.05) is 23.5 Å². The second-order valence-corrected chi connectivity index (χ2v) is 7.29. The van der Waals surface area contributed by atoms with Crippen molar-refractivity contribution >= 4 is 40.6 Å². The van der Waals surface area contributed by atoms with Crippen molar-refractivity contribution in [3.8, 4) is 0 Å². The lowest BCUT2D eigenvalue weighted by molar-refractivity contribution is -0.140. The van der Waals surface area contributed by atoms with E-state index in [9.17, 15) is 9.59 Å². The van der Waals surface area contributed by atoms with Crippen molar-refractivity contribution in [2.75, 3.05) is 20.8 Å². The van der Waals surface area contributed by atoms with Gasteiger partial charge < -0.3 is 19.7 Å². The summed E-state index contributed by atoms with van der Waals surface area (Å²) >= 11 is 7.10. The molecular formula is C18H24N2O4S2. The van der Waals surface area contributed by atoms with E-state index in [1.807, 2.05) is 29.3 Å². The number of methoxy groups -OCH3 is 2. The molecule has 0 spiro atoms. The number of hydrogen-bond acceptors (Lipinski definition) is 6. The minimum Gasteiger partial charge on any atom is -0.469 e. The average Bonchev–Trinajstić information content (AvgIpc) is 3.17. The van der Waals surface area contributed by atoms with Crippen molar-refractivity contribution in [1.29, 1.82) is 0 Å². The Morgan fingerprint density at radius 3 is 2.65 bits per heavy atom. The number of thiocarbonyl (C=S) groups is 1. The first-order valence-electron chi connectivity index (χ1n) is 8.47. The van der Waals surface area contributed by atoms with Crippen molar-refractivity contribution < 1.29 is 19.1 Å². The van der Waals surface area contributed by atoms with Gasteiger partial charge in [-0.05, 0) is 43.4 Å². The molecule has 0 radical (unpaired) electrons. The number of rotatable bonds is 8. The van der Waals surface area contributed by atoms with Crippen molar-refractivity contribution in [3.63, 3.8) is 0 Å². The first kappa shape index (κ1) is 20.4. The fourth-order valence-electron chi connectivity index (χ4n) is 2.91. The van der Waals surface area contributed by atoms with Gasteiger partial charge in [-0.3, -0.25) is 4.79 Å². The molecule has 1 aromatic rings. The molecule has 1 aromatic heterocycles. The number of carbonyl (C=O) groups is 2. The zero-order valence-electron chi connectivity index (χ0n) is 15.2. The van der Waals surface area contributed by atoms with Crippen molar-refractivity contribution in [3.05, 3.63) is 33.7 Å². The van der Waals surface area contributed by atoms with Crippen LogP contribution in [0.2, 0.25) is 0 Å². The second-order valence-electron chi connectivity index (χ2n) is 5.93. The van der Waals surface area contributed by atoms with Gasteiger partial charge in [-0.2, -0.15) is 0 Å². The van der Waals surface area contributed by atoms with Crippen molar-refractivity contribution in [2.45, 2.75) is 38.6 Å². The molecule has 0 amide bonds. The van der Waals surface area contributed by atoms with Gasteiger partial charge in [-0.1, -0.05) is 12.5 Å². The van der Waals surface area contributed by atoms with Gasteiger partial charge >= 0.3 is 11.9 Å². The average molecular weight is 397 g/mol. The number of esters is 2. The Morgan fingerprint density at radius 1 is 1.27 bits per heavy atom. The van der Waals surface area contributed by atoms with Gasteiger partial charge in [0.2, 0.25) is 0 Å². The first-order chi connectivity index (χ1) is 12.5. The molecule has 0 aliphatic carbocycles. The number of carbonyl (C=O) groups excluding carboxylic acids is 2. The molecule has 0 fully saturated rings. The molecule has 1 aliphatic heterocycles. The highest BCUT2D eigenvalue weighted by molar-refractivity contribution is 7.80. The number of hydrogen-bond donors (Lipinski definition) is 1. The Hall–Kier alpha value is -1.93. The molecule has 1 atom stereocenters. The van der Waals surface area contributed by atoms with Crippen LogP contribution in [0.15, 0.2) is 28.8 Å². The predicted octanol–water partition coefficient (Wildman–Crippen LogP) is 3.16. The summed E-state index contributed by atoms with van der Waals surface area (Å²) in [7, 11) is 2.78. The molecule has 8 heteroatoms. The maximum atomic E-state index is 12.4. The van der Waals surface area contributed by atoms with E-state index in [-0.39, 0.29) is 18.0 Å². The summed E-state index contributed by atoms with van der Waals surface area (Å²) in [5, 5.41) is 5.84. The molecule has 26 heavy (non-hydrogen) atoms. The Kier molecular flexibility index (Phi) is 7.59. The van der Waals surface area contributed by atoms with Crippen molar-refractivity contribution in [1.82, 2.24) is 10.2 Å². The summed E-state index contributed by atoms with van der Waals surface area (Å²) in [4.78, 5) is 26.5. The first-order valence-corrected chi connectivity index (χ1v) is 9.75. The van der Waals surface area contributed by atoms with Gasteiger partial charge in [0.05, 0.1) is 25.8 Å². The topological polar surface area (TPSA) is 67.9 Å². The minimum atomic E-state index is -0.355. The monoisotopic (exact) mass is 396 g/mol. The van der Waals surface area contributed by atoms with Gasteiger partial charge in [-0.25, -0.2) is 4.79 Å². The number of allylic oxidation sites excluding steroid dienone is 1. The van der Waals surface area contributed by atoms with Crippen LogP contribution in [-0.4, -0.2) is 42.7 Å². The van der Waals surface area contributed by atoms with Crippen LogP contribution in [0.25, 0.3) is 0 Å². The van der Waals surface area contributed by atoms with E-state index < -0.39 is 0 Å². The fraction of sp³-hybridized carbons (Fsp3) is 0.500. The highest BCUT2D eigenvalue weighted by Gasteiger charge is 2.34. The third kappa shape index (κ3) is 4.82. The lowest BCUT2D eigenvalue weighted by atomic mass is 10.0. The molecule has 142 valence electrons.